The van der Waals surface area contributed by atoms with Gasteiger partial charge in [-0.05, 0) is 69.2 Å². The molecule has 0 saturated heterocycles. The van der Waals surface area contributed by atoms with Crippen molar-refractivity contribution in [2.45, 2.75) is 58.3 Å². The molecule has 4 rings (SSSR count). The number of aromatic amines is 1. The first-order valence-corrected chi connectivity index (χ1v) is 9.24. The van der Waals surface area contributed by atoms with Crippen molar-refractivity contribution in [1.82, 2.24) is 15.1 Å². The van der Waals surface area contributed by atoms with Crippen molar-refractivity contribution in [2.75, 3.05) is 6.61 Å². The number of aryl methyl sites for hydroxylation is 3. The van der Waals surface area contributed by atoms with Gasteiger partial charge in [0.05, 0.1) is 16.7 Å². The third-order valence-electron chi connectivity index (χ3n) is 5.07. The van der Waals surface area contributed by atoms with Crippen LogP contribution in [0.4, 0.5) is 0 Å². The molecule has 25 heavy (non-hydrogen) atoms. The number of hydrogen-bond donors (Lipinski definition) is 2. The van der Waals surface area contributed by atoms with Gasteiger partial charge < -0.3 is 14.6 Å². The average molecular weight is 339 g/mol. The molecule has 2 N–H and O–H groups in total. The fraction of sp³-hybridized carbons (Fsp3) is 0.500. The zero-order chi connectivity index (χ0) is 17.4. The lowest BCUT2D eigenvalue weighted by Gasteiger charge is -2.07. The number of rotatable bonds is 7. The summed E-state index contributed by atoms with van der Waals surface area (Å²) in [5.41, 5.74) is 6.63. The normalized spacial score (nSPS) is 14.5. The molecule has 1 fully saturated rings. The van der Waals surface area contributed by atoms with E-state index in [2.05, 4.69) is 22.3 Å². The summed E-state index contributed by atoms with van der Waals surface area (Å²) >= 11 is 0. The first-order chi connectivity index (χ1) is 12.2. The lowest BCUT2D eigenvalue weighted by molar-refractivity contribution is 0.283. The Balaban J connectivity index is 1.76. The highest BCUT2D eigenvalue weighted by molar-refractivity contribution is 5.86. The maximum absolute atomic E-state index is 9.00. The highest BCUT2D eigenvalue weighted by Gasteiger charge is 2.27. The smallest absolute Gasteiger partial charge is 0.141 e. The van der Waals surface area contributed by atoms with Gasteiger partial charge in [0.25, 0.3) is 0 Å². The van der Waals surface area contributed by atoms with E-state index >= 15 is 0 Å². The van der Waals surface area contributed by atoms with Crippen molar-refractivity contribution in [3.63, 3.8) is 0 Å². The molecule has 5 nitrogen and oxygen atoms in total. The molecule has 132 valence electrons. The molecule has 0 amide bonds. The summed E-state index contributed by atoms with van der Waals surface area (Å²) in [5.74, 6) is 2.59. The van der Waals surface area contributed by atoms with Crippen LogP contribution in [0, 0.1) is 13.8 Å². The molecule has 0 aliphatic heterocycles. The van der Waals surface area contributed by atoms with Crippen molar-refractivity contribution in [3.05, 3.63) is 35.0 Å². The second kappa shape index (κ2) is 6.64. The Morgan fingerprint density at radius 3 is 2.72 bits per heavy atom. The highest BCUT2D eigenvalue weighted by atomic mass is 16.5. The minimum Gasteiger partial charge on any atom is -0.396 e. The minimum atomic E-state index is 0.267. The Kier molecular flexibility index (Phi) is 4.34. The van der Waals surface area contributed by atoms with Crippen LogP contribution in [0.2, 0.25) is 0 Å². The molecule has 1 aliphatic rings. The molecular weight excluding hydrogens is 314 g/mol. The van der Waals surface area contributed by atoms with E-state index in [4.69, 9.17) is 14.6 Å². The maximum atomic E-state index is 9.00. The molecule has 0 radical (unpaired) electrons. The minimum absolute atomic E-state index is 0.267. The number of nitrogens with one attached hydrogen (secondary N) is 1. The first kappa shape index (κ1) is 16.3. The van der Waals surface area contributed by atoms with Crippen LogP contribution in [0.5, 0.6) is 0 Å². The number of H-pyrrole nitrogens is 1. The third kappa shape index (κ3) is 3.21. The summed E-state index contributed by atoms with van der Waals surface area (Å²) in [7, 11) is 0. The number of nitrogens with zero attached hydrogens (tertiary/aromatic N) is 2. The quantitative estimate of drug-likeness (QED) is 0.625. The summed E-state index contributed by atoms with van der Waals surface area (Å²) in [4.78, 5) is 8.44. The van der Waals surface area contributed by atoms with Gasteiger partial charge in [-0.1, -0.05) is 11.6 Å². The van der Waals surface area contributed by atoms with Crippen LogP contribution in [0.1, 0.15) is 60.9 Å². The standard InChI is InChI=1S/C20H25N3O2/c1-12-18(13(2)25-23-12)16-10-15(6-4-3-5-9-24)19-17(11-16)21-20(22-19)14-7-8-14/h10-11,14,24H,3-9H2,1-2H3,(H,21,22). The fourth-order valence-electron chi connectivity index (χ4n) is 3.59. The van der Waals surface area contributed by atoms with E-state index in [1.807, 2.05) is 13.8 Å². The van der Waals surface area contributed by atoms with Gasteiger partial charge in [0, 0.05) is 18.1 Å². The van der Waals surface area contributed by atoms with Crippen LogP contribution >= 0.6 is 0 Å². The van der Waals surface area contributed by atoms with E-state index in [0.717, 1.165) is 65.1 Å². The number of imidazole rings is 1. The molecule has 0 bridgehead atoms. The molecule has 0 spiro atoms. The van der Waals surface area contributed by atoms with Gasteiger partial charge in [-0.2, -0.15) is 0 Å². The van der Waals surface area contributed by atoms with Crippen LogP contribution in [0.3, 0.4) is 0 Å². The SMILES string of the molecule is Cc1noc(C)c1-c1cc(CCCCCO)c2nc(C3CC3)[nH]c2c1. The average Bonchev–Trinajstić information content (AvgIpc) is 3.27. The Morgan fingerprint density at radius 1 is 1.20 bits per heavy atom. The van der Waals surface area contributed by atoms with Crippen molar-refractivity contribution < 1.29 is 9.63 Å². The molecule has 1 aliphatic carbocycles. The first-order valence-electron chi connectivity index (χ1n) is 9.24. The number of hydrogen-bond acceptors (Lipinski definition) is 4. The molecule has 2 heterocycles. The van der Waals surface area contributed by atoms with Gasteiger partial charge >= 0.3 is 0 Å². The monoisotopic (exact) mass is 339 g/mol. The van der Waals surface area contributed by atoms with E-state index < -0.39 is 0 Å². The molecule has 1 saturated carbocycles. The summed E-state index contributed by atoms with van der Waals surface area (Å²) in [6, 6.07) is 4.42. The Bertz CT molecular complexity index is 870. The van der Waals surface area contributed by atoms with Crippen molar-refractivity contribution >= 4 is 11.0 Å². The summed E-state index contributed by atoms with van der Waals surface area (Å²) in [5, 5.41) is 13.1. The predicted octanol–water partition coefficient (Wildman–Crippen LogP) is 4.42. The van der Waals surface area contributed by atoms with Crippen LogP contribution in [0.25, 0.3) is 22.2 Å². The largest absolute Gasteiger partial charge is 0.396 e. The summed E-state index contributed by atoms with van der Waals surface area (Å²) in [6.07, 6.45) is 6.41. The summed E-state index contributed by atoms with van der Waals surface area (Å²) < 4.78 is 5.36. The van der Waals surface area contributed by atoms with Crippen molar-refractivity contribution in [1.29, 1.82) is 0 Å². The van der Waals surface area contributed by atoms with E-state index in [9.17, 15) is 0 Å². The third-order valence-corrected chi connectivity index (χ3v) is 5.07. The molecule has 0 unspecified atom stereocenters. The van der Waals surface area contributed by atoms with Crippen LogP contribution in [-0.4, -0.2) is 26.8 Å². The van der Waals surface area contributed by atoms with Gasteiger partial charge in [0.1, 0.15) is 11.6 Å². The lowest BCUT2D eigenvalue weighted by Crippen LogP contribution is -1.92. The van der Waals surface area contributed by atoms with Gasteiger partial charge in [0.15, 0.2) is 0 Å². The fourth-order valence-corrected chi connectivity index (χ4v) is 3.59. The number of benzene rings is 1. The van der Waals surface area contributed by atoms with Gasteiger partial charge in [-0.15, -0.1) is 0 Å². The molecule has 1 aromatic carbocycles. The van der Waals surface area contributed by atoms with E-state index in [1.54, 1.807) is 0 Å². The molecule has 3 aromatic rings. The van der Waals surface area contributed by atoms with Gasteiger partial charge in [-0.3, -0.25) is 0 Å². The predicted molar refractivity (Wildman–Crippen MR) is 97.7 cm³/mol. The number of fused-ring (bicyclic) bond motifs is 1. The summed E-state index contributed by atoms with van der Waals surface area (Å²) in [6.45, 7) is 4.21. The second-order valence-electron chi connectivity index (χ2n) is 7.16. The molecule has 5 heteroatoms. The lowest BCUT2D eigenvalue weighted by atomic mass is 9.97. The molecule has 2 aromatic heterocycles. The van der Waals surface area contributed by atoms with E-state index in [0.29, 0.717) is 5.92 Å². The van der Waals surface area contributed by atoms with Crippen molar-refractivity contribution in [3.8, 4) is 11.1 Å². The highest BCUT2D eigenvalue weighted by Crippen LogP contribution is 2.40. The number of aromatic nitrogens is 3. The molecular formula is C20H25N3O2. The van der Waals surface area contributed by atoms with E-state index in [1.165, 1.54) is 18.4 Å². The number of unbranched alkanes of at least 4 members (excludes halogenated alkanes) is 2. The Labute approximate surface area is 147 Å². The van der Waals surface area contributed by atoms with E-state index in [-0.39, 0.29) is 6.61 Å². The van der Waals surface area contributed by atoms with Crippen LogP contribution in [-0.2, 0) is 6.42 Å². The van der Waals surface area contributed by atoms with Gasteiger partial charge in [0.2, 0.25) is 0 Å². The Morgan fingerprint density at radius 2 is 2.04 bits per heavy atom. The number of aliphatic hydroxyl groups excluding tert-OH is 1. The van der Waals surface area contributed by atoms with Crippen LogP contribution < -0.4 is 0 Å². The maximum Gasteiger partial charge on any atom is 0.141 e. The van der Waals surface area contributed by atoms with Gasteiger partial charge in [-0.25, -0.2) is 4.98 Å². The number of aliphatic hydroxyl groups is 1. The Hall–Kier alpha value is -2.14. The zero-order valence-corrected chi connectivity index (χ0v) is 14.9. The topological polar surface area (TPSA) is 74.9 Å². The second-order valence-corrected chi connectivity index (χ2v) is 7.16. The van der Waals surface area contributed by atoms with Crippen molar-refractivity contribution in [2.24, 2.45) is 0 Å². The van der Waals surface area contributed by atoms with Crippen LogP contribution in [0.15, 0.2) is 16.7 Å². The zero-order valence-electron chi connectivity index (χ0n) is 14.9. The molecule has 0 atom stereocenters.